The van der Waals surface area contributed by atoms with Gasteiger partial charge < -0.3 is 19.1 Å². The van der Waals surface area contributed by atoms with Crippen molar-refractivity contribution in [2.45, 2.75) is 6.54 Å². The Bertz CT molecular complexity index is 651. The van der Waals surface area contributed by atoms with E-state index in [1.165, 1.54) is 18.6 Å². The second-order valence-electron chi connectivity index (χ2n) is 4.79. The minimum atomic E-state index is -0.216. The van der Waals surface area contributed by atoms with Crippen LogP contribution in [-0.4, -0.2) is 49.2 Å². The average Bonchev–Trinajstić information content (AvgIpc) is 2.60. The summed E-state index contributed by atoms with van der Waals surface area (Å²) in [5.41, 5.74) is 1.14. The number of carbonyl (C=O) groups is 1. The number of carbonyl (C=O) groups excluding carboxylic acids is 1. The molecular weight excluding hydrogens is 298 g/mol. The molecule has 0 saturated heterocycles. The summed E-state index contributed by atoms with van der Waals surface area (Å²) in [5.74, 6) is 1.39. The summed E-state index contributed by atoms with van der Waals surface area (Å²) >= 11 is 0. The lowest BCUT2D eigenvalue weighted by Gasteiger charge is -2.19. The van der Waals surface area contributed by atoms with Crippen molar-refractivity contribution in [1.82, 2.24) is 14.9 Å². The van der Waals surface area contributed by atoms with Gasteiger partial charge in [-0.05, 0) is 17.7 Å². The van der Waals surface area contributed by atoms with Crippen molar-refractivity contribution < 1.29 is 19.0 Å². The topological polar surface area (TPSA) is 73.8 Å². The monoisotopic (exact) mass is 317 g/mol. The van der Waals surface area contributed by atoms with Crippen LogP contribution in [0.3, 0.4) is 0 Å². The van der Waals surface area contributed by atoms with Gasteiger partial charge in [0.1, 0.15) is 5.69 Å². The first-order chi connectivity index (χ1) is 11.1. The third-order valence-corrected chi connectivity index (χ3v) is 3.27. The average molecular weight is 317 g/mol. The molecule has 0 saturated carbocycles. The first kappa shape index (κ1) is 16.5. The summed E-state index contributed by atoms with van der Waals surface area (Å²) < 4.78 is 15.9. The summed E-state index contributed by atoms with van der Waals surface area (Å²) in [6.07, 6.45) is 4.45. The molecule has 0 aliphatic carbocycles. The van der Waals surface area contributed by atoms with E-state index in [9.17, 15) is 4.79 Å². The zero-order valence-electron chi connectivity index (χ0n) is 13.6. The van der Waals surface area contributed by atoms with Crippen LogP contribution in [-0.2, 0) is 6.54 Å². The number of amides is 1. The smallest absolute Gasteiger partial charge is 0.274 e. The van der Waals surface area contributed by atoms with Crippen molar-refractivity contribution in [3.63, 3.8) is 0 Å². The van der Waals surface area contributed by atoms with Gasteiger partial charge in [-0.1, -0.05) is 0 Å². The molecule has 0 N–H and O–H groups in total. The van der Waals surface area contributed by atoms with Crippen LogP contribution >= 0.6 is 0 Å². The summed E-state index contributed by atoms with van der Waals surface area (Å²) in [6.45, 7) is 0.367. The van der Waals surface area contributed by atoms with E-state index in [2.05, 4.69) is 9.97 Å². The molecule has 0 fully saturated rings. The predicted octanol–water partition coefficient (Wildman–Crippen LogP) is 1.77. The fraction of sp³-hybridized carbons (Fsp3) is 0.312. The molecule has 1 aromatic heterocycles. The fourth-order valence-electron chi connectivity index (χ4n) is 2.18. The normalized spacial score (nSPS) is 10.1. The Balaban J connectivity index is 2.24. The Labute approximate surface area is 134 Å². The van der Waals surface area contributed by atoms with Gasteiger partial charge in [-0.3, -0.25) is 9.78 Å². The molecule has 7 nitrogen and oxygen atoms in total. The largest absolute Gasteiger partial charge is 0.493 e. The van der Waals surface area contributed by atoms with Crippen molar-refractivity contribution in [1.29, 1.82) is 0 Å². The maximum Gasteiger partial charge on any atom is 0.274 e. The van der Waals surface area contributed by atoms with Crippen LogP contribution in [0.2, 0.25) is 0 Å². The van der Waals surface area contributed by atoms with Gasteiger partial charge in [0.15, 0.2) is 11.5 Å². The molecule has 0 aliphatic rings. The summed E-state index contributed by atoms with van der Waals surface area (Å²) in [4.78, 5) is 21.8. The Morgan fingerprint density at radius 1 is 1.09 bits per heavy atom. The molecule has 1 heterocycles. The second kappa shape index (κ2) is 7.44. The molecule has 23 heavy (non-hydrogen) atoms. The number of methoxy groups -OCH3 is 3. The predicted molar refractivity (Wildman–Crippen MR) is 83.9 cm³/mol. The second-order valence-corrected chi connectivity index (χ2v) is 4.79. The van der Waals surface area contributed by atoms with Gasteiger partial charge in [0.05, 0.1) is 27.5 Å². The van der Waals surface area contributed by atoms with Gasteiger partial charge in [-0.2, -0.15) is 0 Å². The molecule has 0 aliphatic heterocycles. The highest BCUT2D eigenvalue weighted by atomic mass is 16.5. The molecule has 0 unspecified atom stereocenters. The third kappa shape index (κ3) is 3.68. The van der Waals surface area contributed by atoms with E-state index >= 15 is 0 Å². The number of hydrogen-bond donors (Lipinski definition) is 0. The van der Waals surface area contributed by atoms with Gasteiger partial charge >= 0.3 is 0 Å². The van der Waals surface area contributed by atoms with Gasteiger partial charge in [-0.15, -0.1) is 0 Å². The van der Waals surface area contributed by atoms with Gasteiger partial charge in [0.2, 0.25) is 5.75 Å². The molecule has 1 amide bonds. The molecule has 0 radical (unpaired) electrons. The molecule has 1 aromatic carbocycles. The van der Waals surface area contributed by atoms with E-state index in [1.54, 1.807) is 33.3 Å². The van der Waals surface area contributed by atoms with Crippen molar-refractivity contribution in [3.05, 3.63) is 42.0 Å². The first-order valence-corrected chi connectivity index (χ1v) is 6.91. The number of hydrogen-bond acceptors (Lipinski definition) is 6. The number of aromatic nitrogens is 2. The van der Waals surface area contributed by atoms with Gasteiger partial charge in [0, 0.05) is 26.0 Å². The Morgan fingerprint density at radius 2 is 1.74 bits per heavy atom. The van der Waals surface area contributed by atoms with E-state index in [0.717, 1.165) is 5.56 Å². The summed E-state index contributed by atoms with van der Waals surface area (Å²) in [5, 5.41) is 0. The van der Waals surface area contributed by atoms with Crippen LogP contribution in [0.1, 0.15) is 16.1 Å². The van der Waals surface area contributed by atoms with E-state index in [1.807, 2.05) is 12.1 Å². The summed E-state index contributed by atoms with van der Waals surface area (Å²) in [6, 6.07) is 3.61. The van der Waals surface area contributed by atoms with Crippen LogP contribution in [0.5, 0.6) is 17.2 Å². The molecule has 0 spiro atoms. The summed E-state index contributed by atoms with van der Waals surface area (Å²) in [7, 11) is 6.34. The minimum absolute atomic E-state index is 0.216. The molecule has 2 rings (SSSR count). The van der Waals surface area contributed by atoms with Crippen molar-refractivity contribution in [2.24, 2.45) is 0 Å². The molecular formula is C16H19N3O4. The van der Waals surface area contributed by atoms with Crippen LogP contribution in [0.15, 0.2) is 30.7 Å². The van der Waals surface area contributed by atoms with E-state index < -0.39 is 0 Å². The highest BCUT2D eigenvalue weighted by Gasteiger charge is 2.17. The lowest BCUT2D eigenvalue weighted by Crippen LogP contribution is -2.27. The zero-order valence-corrected chi connectivity index (χ0v) is 13.6. The number of rotatable bonds is 6. The van der Waals surface area contributed by atoms with E-state index in [-0.39, 0.29) is 5.91 Å². The lowest BCUT2D eigenvalue weighted by molar-refractivity contribution is 0.0778. The quantitative estimate of drug-likeness (QED) is 0.808. The van der Waals surface area contributed by atoms with Crippen molar-refractivity contribution in [3.8, 4) is 17.2 Å². The molecule has 0 bridgehead atoms. The van der Waals surface area contributed by atoms with Gasteiger partial charge in [0.25, 0.3) is 5.91 Å². The minimum Gasteiger partial charge on any atom is -0.493 e. The highest BCUT2D eigenvalue weighted by Crippen LogP contribution is 2.38. The lowest BCUT2D eigenvalue weighted by atomic mass is 10.1. The van der Waals surface area contributed by atoms with E-state index in [0.29, 0.717) is 29.5 Å². The Morgan fingerprint density at radius 3 is 2.22 bits per heavy atom. The maximum atomic E-state index is 12.3. The molecule has 122 valence electrons. The molecule has 0 atom stereocenters. The van der Waals surface area contributed by atoms with Crippen molar-refractivity contribution in [2.75, 3.05) is 28.4 Å². The third-order valence-electron chi connectivity index (χ3n) is 3.27. The highest BCUT2D eigenvalue weighted by molar-refractivity contribution is 5.91. The maximum absolute atomic E-state index is 12.3. The van der Waals surface area contributed by atoms with Crippen LogP contribution < -0.4 is 14.2 Å². The zero-order chi connectivity index (χ0) is 16.8. The number of nitrogens with zero attached hydrogens (tertiary/aromatic N) is 3. The molecule has 7 heteroatoms. The number of benzene rings is 1. The molecule has 2 aromatic rings. The van der Waals surface area contributed by atoms with Gasteiger partial charge in [-0.25, -0.2) is 4.98 Å². The Hall–Kier alpha value is -2.83. The van der Waals surface area contributed by atoms with Crippen molar-refractivity contribution >= 4 is 5.91 Å². The Kier molecular flexibility index (Phi) is 5.35. The SMILES string of the molecule is COc1cc(CN(C)C(=O)c2cnccn2)cc(OC)c1OC. The first-order valence-electron chi connectivity index (χ1n) is 6.91. The van der Waals surface area contributed by atoms with E-state index in [4.69, 9.17) is 14.2 Å². The van der Waals surface area contributed by atoms with Crippen LogP contribution in [0.25, 0.3) is 0 Å². The standard InChI is InChI=1S/C16H19N3O4/c1-19(16(20)12-9-17-5-6-18-12)10-11-7-13(21-2)15(23-4)14(8-11)22-3/h5-9H,10H2,1-4H3. The van der Waals surface area contributed by atoms with Crippen LogP contribution in [0.4, 0.5) is 0 Å². The fourth-order valence-corrected chi connectivity index (χ4v) is 2.18. The number of ether oxygens (including phenoxy) is 3. The van der Waals surface area contributed by atoms with Crippen LogP contribution in [0, 0.1) is 0 Å².